The van der Waals surface area contributed by atoms with Crippen LogP contribution in [0, 0.1) is 17.5 Å². The summed E-state index contributed by atoms with van der Waals surface area (Å²) < 4.78 is 72.2. The van der Waals surface area contributed by atoms with Gasteiger partial charge in [-0.2, -0.15) is 4.31 Å². The highest BCUT2D eigenvalue weighted by Gasteiger charge is 2.33. The summed E-state index contributed by atoms with van der Waals surface area (Å²) in [6, 6.07) is 8.43. The standard InChI is InChI=1S/C20H21F3N2O4S/c21-15-6-8-16(9-7-15)29-14-2-5-19(26)24-10-12-25(13-11-24)30(27,28)20-17(22)3-1-4-18(20)23/h1,3-4,6-9H,2,5,10-14H2. The maximum Gasteiger partial charge on any atom is 0.249 e. The molecule has 6 nitrogen and oxygen atoms in total. The van der Waals surface area contributed by atoms with Crippen molar-refractivity contribution < 1.29 is 31.1 Å². The molecule has 0 N–H and O–H groups in total. The minimum absolute atomic E-state index is 0.0477. The Kier molecular flexibility index (Phi) is 6.99. The average molecular weight is 442 g/mol. The van der Waals surface area contributed by atoms with Crippen LogP contribution >= 0.6 is 0 Å². The monoisotopic (exact) mass is 442 g/mol. The number of nitrogens with zero attached hydrogens (tertiary/aromatic N) is 2. The van der Waals surface area contributed by atoms with Gasteiger partial charge in [-0.3, -0.25) is 4.79 Å². The molecular weight excluding hydrogens is 421 g/mol. The number of amides is 1. The van der Waals surface area contributed by atoms with Crippen LogP contribution in [0.25, 0.3) is 0 Å². The first-order valence-corrected chi connectivity index (χ1v) is 10.8. The number of hydrogen-bond acceptors (Lipinski definition) is 4. The van der Waals surface area contributed by atoms with E-state index < -0.39 is 26.6 Å². The molecule has 0 spiro atoms. The van der Waals surface area contributed by atoms with Crippen molar-refractivity contribution in [2.75, 3.05) is 32.8 Å². The molecule has 10 heteroatoms. The predicted molar refractivity (Wildman–Crippen MR) is 103 cm³/mol. The number of halogens is 3. The Hall–Kier alpha value is -2.59. The number of carbonyl (C=O) groups excluding carboxylic acids is 1. The number of benzene rings is 2. The second-order valence-electron chi connectivity index (χ2n) is 6.74. The second kappa shape index (κ2) is 9.48. The molecule has 0 saturated carbocycles. The smallest absolute Gasteiger partial charge is 0.249 e. The van der Waals surface area contributed by atoms with Crippen molar-refractivity contribution in [3.63, 3.8) is 0 Å². The van der Waals surface area contributed by atoms with E-state index >= 15 is 0 Å². The van der Waals surface area contributed by atoms with Crippen LogP contribution in [0.3, 0.4) is 0 Å². The third-order valence-corrected chi connectivity index (χ3v) is 6.68. The van der Waals surface area contributed by atoms with Gasteiger partial charge in [0.15, 0.2) is 4.90 Å². The van der Waals surface area contributed by atoms with Gasteiger partial charge in [0.2, 0.25) is 15.9 Å². The Balaban J connectivity index is 1.47. The molecule has 1 aliphatic heterocycles. The van der Waals surface area contributed by atoms with E-state index in [4.69, 9.17) is 4.74 Å². The van der Waals surface area contributed by atoms with Gasteiger partial charge < -0.3 is 9.64 Å². The lowest BCUT2D eigenvalue weighted by atomic mass is 10.2. The maximum atomic E-state index is 13.9. The van der Waals surface area contributed by atoms with E-state index in [1.807, 2.05) is 0 Å². The van der Waals surface area contributed by atoms with Crippen molar-refractivity contribution in [2.24, 2.45) is 0 Å². The summed E-state index contributed by atoms with van der Waals surface area (Å²) >= 11 is 0. The Bertz CT molecular complexity index is 971. The van der Waals surface area contributed by atoms with Crippen LogP contribution in [0.2, 0.25) is 0 Å². The quantitative estimate of drug-likeness (QED) is 0.619. The maximum absolute atomic E-state index is 13.9. The SMILES string of the molecule is O=C(CCCOc1ccc(F)cc1)N1CCN(S(=O)(=O)c2c(F)cccc2F)CC1. The molecule has 0 bridgehead atoms. The van der Waals surface area contributed by atoms with Crippen molar-refractivity contribution in [1.82, 2.24) is 9.21 Å². The fraction of sp³-hybridized carbons (Fsp3) is 0.350. The Morgan fingerprint density at radius 2 is 1.53 bits per heavy atom. The molecule has 3 rings (SSSR count). The minimum atomic E-state index is -4.33. The Labute approximate surface area is 172 Å². The van der Waals surface area contributed by atoms with Crippen molar-refractivity contribution in [2.45, 2.75) is 17.7 Å². The van der Waals surface area contributed by atoms with E-state index in [0.717, 1.165) is 22.5 Å². The second-order valence-corrected chi connectivity index (χ2v) is 8.62. The summed E-state index contributed by atoms with van der Waals surface area (Å²) in [6.45, 7) is 0.444. The topological polar surface area (TPSA) is 66.9 Å². The van der Waals surface area contributed by atoms with E-state index in [-0.39, 0.29) is 50.9 Å². The molecule has 0 aromatic heterocycles. The molecule has 162 valence electrons. The fourth-order valence-electron chi connectivity index (χ4n) is 3.14. The highest BCUT2D eigenvalue weighted by Crippen LogP contribution is 2.23. The molecule has 30 heavy (non-hydrogen) atoms. The number of hydrogen-bond donors (Lipinski definition) is 0. The first-order chi connectivity index (χ1) is 14.3. The van der Waals surface area contributed by atoms with Crippen molar-refractivity contribution in [3.8, 4) is 5.75 Å². The van der Waals surface area contributed by atoms with Gasteiger partial charge in [-0.1, -0.05) is 6.07 Å². The zero-order valence-corrected chi connectivity index (χ0v) is 16.9. The third-order valence-electron chi connectivity index (χ3n) is 4.73. The summed E-state index contributed by atoms with van der Waals surface area (Å²) in [5, 5.41) is 0. The van der Waals surface area contributed by atoms with Crippen molar-refractivity contribution >= 4 is 15.9 Å². The molecule has 0 radical (unpaired) electrons. The van der Waals surface area contributed by atoms with E-state index in [1.165, 1.54) is 29.2 Å². The molecule has 1 saturated heterocycles. The van der Waals surface area contributed by atoms with Crippen LogP contribution in [-0.4, -0.2) is 56.3 Å². The largest absolute Gasteiger partial charge is 0.494 e. The highest BCUT2D eigenvalue weighted by molar-refractivity contribution is 7.89. The van der Waals surface area contributed by atoms with Gasteiger partial charge in [-0.15, -0.1) is 0 Å². The highest BCUT2D eigenvalue weighted by atomic mass is 32.2. The van der Waals surface area contributed by atoms with E-state index in [0.29, 0.717) is 12.2 Å². The average Bonchev–Trinajstić information content (AvgIpc) is 2.72. The molecule has 1 aliphatic rings. The first kappa shape index (κ1) is 22.1. The molecular formula is C20H21F3N2O4S. The van der Waals surface area contributed by atoms with Crippen LogP contribution in [0.4, 0.5) is 13.2 Å². The Morgan fingerprint density at radius 3 is 2.13 bits per heavy atom. The number of carbonyl (C=O) groups is 1. The van der Waals surface area contributed by atoms with Gasteiger partial charge in [-0.05, 0) is 42.8 Å². The van der Waals surface area contributed by atoms with Crippen molar-refractivity contribution in [1.29, 1.82) is 0 Å². The number of rotatable bonds is 7. The lowest BCUT2D eigenvalue weighted by molar-refractivity contribution is -0.132. The lowest BCUT2D eigenvalue weighted by Crippen LogP contribution is -2.50. The summed E-state index contributed by atoms with van der Waals surface area (Å²) in [5.74, 6) is -2.31. The molecule has 0 atom stereocenters. The number of piperazine rings is 1. The van der Waals surface area contributed by atoms with Crippen LogP contribution in [-0.2, 0) is 14.8 Å². The van der Waals surface area contributed by atoms with Gasteiger partial charge in [0.05, 0.1) is 6.61 Å². The molecule has 0 aliphatic carbocycles. The lowest BCUT2D eigenvalue weighted by Gasteiger charge is -2.34. The third kappa shape index (κ3) is 5.11. The zero-order valence-electron chi connectivity index (χ0n) is 16.1. The van der Waals surface area contributed by atoms with Gasteiger partial charge >= 0.3 is 0 Å². The fourth-order valence-corrected chi connectivity index (χ4v) is 4.67. The van der Waals surface area contributed by atoms with Crippen molar-refractivity contribution in [3.05, 3.63) is 59.9 Å². The van der Waals surface area contributed by atoms with Gasteiger partial charge in [0, 0.05) is 32.6 Å². The molecule has 1 amide bonds. The van der Waals surface area contributed by atoms with Gasteiger partial charge in [-0.25, -0.2) is 21.6 Å². The molecule has 2 aromatic rings. The molecule has 1 heterocycles. The summed E-state index contributed by atoms with van der Waals surface area (Å²) in [6.07, 6.45) is 0.644. The molecule has 0 unspecified atom stereocenters. The van der Waals surface area contributed by atoms with Gasteiger partial charge in [0.25, 0.3) is 0 Å². The zero-order chi connectivity index (χ0) is 21.7. The van der Waals surface area contributed by atoms with Crippen LogP contribution in [0.15, 0.2) is 47.4 Å². The van der Waals surface area contributed by atoms with E-state index in [1.54, 1.807) is 0 Å². The number of sulfonamides is 1. The summed E-state index contributed by atoms with van der Waals surface area (Å²) in [5.41, 5.74) is 0. The molecule has 1 fully saturated rings. The number of ether oxygens (including phenoxy) is 1. The van der Waals surface area contributed by atoms with E-state index in [9.17, 15) is 26.4 Å². The minimum Gasteiger partial charge on any atom is -0.494 e. The van der Waals surface area contributed by atoms with Crippen LogP contribution in [0.1, 0.15) is 12.8 Å². The first-order valence-electron chi connectivity index (χ1n) is 9.39. The van der Waals surface area contributed by atoms with Crippen LogP contribution < -0.4 is 4.74 Å². The van der Waals surface area contributed by atoms with E-state index in [2.05, 4.69) is 0 Å². The normalized spacial score (nSPS) is 15.2. The van der Waals surface area contributed by atoms with Crippen LogP contribution in [0.5, 0.6) is 5.75 Å². The molecule has 2 aromatic carbocycles. The Morgan fingerprint density at radius 1 is 0.933 bits per heavy atom. The summed E-state index contributed by atoms with van der Waals surface area (Å²) in [7, 11) is -4.33. The summed E-state index contributed by atoms with van der Waals surface area (Å²) in [4.78, 5) is 12.9. The van der Waals surface area contributed by atoms with Gasteiger partial charge in [0.1, 0.15) is 23.2 Å². The predicted octanol–water partition coefficient (Wildman–Crippen LogP) is 2.80.